The molecule has 7 heteroatoms. The minimum absolute atomic E-state index is 0.257. The van der Waals surface area contributed by atoms with E-state index in [4.69, 9.17) is 9.47 Å². The van der Waals surface area contributed by atoms with Gasteiger partial charge in [-0.05, 0) is 55.0 Å². The molecule has 0 spiro atoms. The van der Waals surface area contributed by atoms with E-state index < -0.39 is 5.97 Å². The molecule has 0 saturated heterocycles. The summed E-state index contributed by atoms with van der Waals surface area (Å²) in [5.74, 6) is 0.571. The number of ether oxygens (including phenoxy) is 2. The first-order valence-electron chi connectivity index (χ1n) is 8.44. The van der Waals surface area contributed by atoms with Crippen molar-refractivity contribution < 1.29 is 14.3 Å². The molecule has 1 aromatic heterocycles. The highest BCUT2D eigenvalue weighted by Gasteiger charge is 2.24. The van der Waals surface area contributed by atoms with Crippen molar-refractivity contribution in [3.63, 3.8) is 0 Å². The zero-order chi connectivity index (χ0) is 18.6. The zero-order valence-corrected chi connectivity index (χ0v) is 14.6. The maximum absolute atomic E-state index is 12.1. The molecule has 7 nitrogen and oxygen atoms in total. The molecule has 0 atom stereocenters. The van der Waals surface area contributed by atoms with Crippen LogP contribution in [0.15, 0.2) is 71.9 Å². The Labute approximate surface area is 155 Å². The van der Waals surface area contributed by atoms with E-state index in [-0.39, 0.29) is 11.6 Å². The van der Waals surface area contributed by atoms with Crippen molar-refractivity contribution in [2.24, 2.45) is 4.99 Å². The first kappa shape index (κ1) is 16.7. The number of carbonyl (C=O) groups excluding carboxylic acids is 1. The minimum atomic E-state index is -0.473. The van der Waals surface area contributed by atoms with Gasteiger partial charge < -0.3 is 9.47 Å². The molecule has 4 rings (SSSR count). The number of rotatable bonds is 5. The Balaban J connectivity index is 1.55. The van der Waals surface area contributed by atoms with Crippen LogP contribution in [0.4, 0.5) is 0 Å². The number of hydrogen-bond donors (Lipinski definition) is 0. The molecule has 0 bridgehead atoms. The molecular formula is C20H16N4O3. The standard InChI is InChI=1S/C20H16N4O3/c1-2-26-17-9-5-15(6-10-17)19-23-18(20(25)27-19)11-14-3-7-16(8-4-14)24-13-21-12-22-24/h3-13H,2H2,1H3/b18-11-. The third-order valence-corrected chi connectivity index (χ3v) is 3.91. The van der Waals surface area contributed by atoms with Gasteiger partial charge in [-0.15, -0.1) is 0 Å². The van der Waals surface area contributed by atoms with Crippen LogP contribution in [0.3, 0.4) is 0 Å². The summed E-state index contributed by atoms with van der Waals surface area (Å²) in [5.41, 5.74) is 2.69. The zero-order valence-electron chi connectivity index (χ0n) is 14.6. The normalized spacial score (nSPS) is 14.9. The number of cyclic esters (lactones) is 1. The van der Waals surface area contributed by atoms with Crippen molar-refractivity contribution in [2.75, 3.05) is 6.61 Å². The molecule has 27 heavy (non-hydrogen) atoms. The maximum Gasteiger partial charge on any atom is 0.363 e. The van der Waals surface area contributed by atoms with E-state index in [0.717, 1.165) is 22.6 Å². The Morgan fingerprint density at radius 2 is 1.89 bits per heavy atom. The molecular weight excluding hydrogens is 344 g/mol. The average Bonchev–Trinajstić information content (AvgIpc) is 3.34. The number of aliphatic imine (C=N–C) groups is 1. The Bertz CT molecular complexity index is 1000. The minimum Gasteiger partial charge on any atom is -0.494 e. The van der Waals surface area contributed by atoms with Crippen LogP contribution in [0.25, 0.3) is 11.8 Å². The Morgan fingerprint density at radius 1 is 1.11 bits per heavy atom. The van der Waals surface area contributed by atoms with Gasteiger partial charge in [0.25, 0.3) is 0 Å². The fraction of sp³-hybridized carbons (Fsp3) is 0.100. The van der Waals surface area contributed by atoms with Crippen molar-refractivity contribution in [3.8, 4) is 11.4 Å². The first-order valence-corrected chi connectivity index (χ1v) is 8.44. The Morgan fingerprint density at radius 3 is 2.56 bits per heavy atom. The van der Waals surface area contributed by atoms with Gasteiger partial charge in [0.2, 0.25) is 5.90 Å². The highest BCUT2D eigenvalue weighted by molar-refractivity contribution is 6.12. The molecule has 2 aromatic carbocycles. The highest BCUT2D eigenvalue weighted by atomic mass is 16.6. The molecule has 0 aliphatic carbocycles. The maximum atomic E-state index is 12.1. The third-order valence-electron chi connectivity index (χ3n) is 3.91. The monoisotopic (exact) mass is 360 g/mol. The van der Waals surface area contributed by atoms with Gasteiger partial charge in [-0.2, -0.15) is 5.10 Å². The van der Waals surface area contributed by atoms with Crippen molar-refractivity contribution in [1.29, 1.82) is 0 Å². The summed E-state index contributed by atoms with van der Waals surface area (Å²) in [4.78, 5) is 20.4. The van der Waals surface area contributed by atoms with Crippen LogP contribution in [0.2, 0.25) is 0 Å². The lowest BCUT2D eigenvalue weighted by Gasteiger charge is -2.03. The Kier molecular flexibility index (Phi) is 4.49. The topological polar surface area (TPSA) is 78.6 Å². The van der Waals surface area contributed by atoms with Crippen molar-refractivity contribution in [3.05, 3.63) is 78.0 Å². The van der Waals surface area contributed by atoms with E-state index >= 15 is 0 Å². The summed E-state index contributed by atoms with van der Waals surface area (Å²) in [6, 6.07) is 14.8. The van der Waals surface area contributed by atoms with Crippen molar-refractivity contribution >= 4 is 17.9 Å². The fourth-order valence-corrected chi connectivity index (χ4v) is 2.62. The van der Waals surface area contributed by atoms with E-state index in [1.54, 1.807) is 17.1 Å². The van der Waals surface area contributed by atoms with Gasteiger partial charge in [-0.1, -0.05) is 12.1 Å². The van der Waals surface area contributed by atoms with E-state index in [1.165, 1.54) is 6.33 Å². The number of nitrogens with zero attached hydrogens (tertiary/aromatic N) is 4. The van der Waals surface area contributed by atoms with Gasteiger partial charge in [-0.3, -0.25) is 0 Å². The lowest BCUT2D eigenvalue weighted by atomic mass is 10.2. The van der Waals surface area contributed by atoms with Gasteiger partial charge in [0.05, 0.1) is 12.3 Å². The van der Waals surface area contributed by atoms with Crippen LogP contribution in [0.1, 0.15) is 18.1 Å². The Hall–Kier alpha value is -3.74. The number of aromatic nitrogens is 3. The van der Waals surface area contributed by atoms with Crippen LogP contribution in [0.5, 0.6) is 5.75 Å². The number of hydrogen-bond acceptors (Lipinski definition) is 6. The van der Waals surface area contributed by atoms with Gasteiger partial charge in [0.1, 0.15) is 18.4 Å². The fourth-order valence-electron chi connectivity index (χ4n) is 2.62. The predicted molar refractivity (Wildman–Crippen MR) is 99.6 cm³/mol. The molecule has 0 amide bonds. The molecule has 0 fully saturated rings. The van der Waals surface area contributed by atoms with Gasteiger partial charge in [-0.25, -0.2) is 19.5 Å². The lowest BCUT2D eigenvalue weighted by molar-refractivity contribution is -0.129. The van der Waals surface area contributed by atoms with E-state index in [2.05, 4.69) is 15.1 Å². The number of esters is 1. The molecule has 3 aromatic rings. The summed E-state index contributed by atoms with van der Waals surface area (Å²) in [7, 11) is 0. The largest absolute Gasteiger partial charge is 0.494 e. The molecule has 0 unspecified atom stereocenters. The van der Waals surface area contributed by atoms with Gasteiger partial charge >= 0.3 is 5.97 Å². The summed E-state index contributed by atoms with van der Waals surface area (Å²) < 4.78 is 12.4. The molecule has 0 radical (unpaired) electrons. The number of carbonyl (C=O) groups is 1. The van der Waals surface area contributed by atoms with Gasteiger partial charge in [0.15, 0.2) is 5.70 Å². The highest BCUT2D eigenvalue weighted by Crippen LogP contribution is 2.21. The van der Waals surface area contributed by atoms with Crippen LogP contribution in [-0.4, -0.2) is 33.2 Å². The SMILES string of the molecule is CCOc1ccc(C2=N/C(=C\c3ccc(-n4cncn4)cc3)C(=O)O2)cc1. The van der Waals surface area contributed by atoms with E-state index in [0.29, 0.717) is 6.61 Å². The smallest absolute Gasteiger partial charge is 0.363 e. The van der Waals surface area contributed by atoms with Crippen molar-refractivity contribution in [1.82, 2.24) is 14.8 Å². The second-order valence-corrected chi connectivity index (χ2v) is 5.73. The third kappa shape index (κ3) is 3.62. The van der Waals surface area contributed by atoms with Crippen LogP contribution in [0, 0.1) is 0 Å². The molecule has 134 valence electrons. The van der Waals surface area contributed by atoms with Crippen LogP contribution in [-0.2, 0) is 9.53 Å². The number of benzene rings is 2. The second kappa shape index (κ2) is 7.25. The lowest BCUT2D eigenvalue weighted by Crippen LogP contribution is -2.05. The summed E-state index contributed by atoms with van der Waals surface area (Å²) in [5, 5.41) is 4.08. The quantitative estimate of drug-likeness (QED) is 0.516. The van der Waals surface area contributed by atoms with Crippen LogP contribution >= 0.6 is 0 Å². The summed E-state index contributed by atoms with van der Waals surface area (Å²) in [6.07, 6.45) is 4.78. The van der Waals surface area contributed by atoms with E-state index in [1.807, 2.05) is 55.5 Å². The van der Waals surface area contributed by atoms with Crippen molar-refractivity contribution in [2.45, 2.75) is 6.92 Å². The summed E-state index contributed by atoms with van der Waals surface area (Å²) >= 11 is 0. The molecule has 1 aliphatic rings. The molecule has 1 aliphatic heterocycles. The predicted octanol–water partition coefficient (Wildman–Crippen LogP) is 3.01. The van der Waals surface area contributed by atoms with E-state index in [9.17, 15) is 4.79 Å². The molecule has 2 heterocycles. The second-order valence-electron chi connectivity index (χ2n) is 5.73. The summed E-state index contributed by atoms with van der Waals surface area (Å²) in [6.45, 7) is 2.52. The first-order chi connectivity index (χ1) is 13.2. The van der Waals surface area contributed by atoms with Gasteiger partial charge in [0, 0.05) is 5.56 Å². The van der Waals surface area contributed by atoms with Crippen LogP contribution < -0.4 is 4.74 Å². The molecule has 0 saturated carbocycles. The average molecular weight is 360 g/mol. The molecule has 0 N–H and O–H groups in total.